The van der Waals surface area contributed by atoms with Gasteiger partial charge in [0.1, 0.15) is 5.82 Å². The number of nitriles is 1. The van der Waals surface area contributed by atoms with E-state index in [1.807, 2.05) is 12.1 Å². The molecule has 2 aromatic rings. The molecular formula is C40H61FN2O3. The highest BCUT2D eigenvalue weighted by atomic mass is 19.1. The standard InChI is InChI=1S/C40H61FN2O3/c1-4-5-6-7-8-9-10-11-12-13-14-15-26-40(32-42,35-20-23-37(45-2)38(31-35)46-3)27-16-17-28-43-29-24-34(25-30-43)39(44)33-18-21-36(41)22-19-33/h18-23,31,34,39,44H,4-17,24-30H2,1-3H3. The van der Waals surface area contributed by atoms with Crippen LogP contribution in [0.15, 0.2) is 42.5 Å². The third-order valence-electron chi connectivity index (χ3n) is 10.2. The monoisotopic (exact) mass is 636 g/mol. The number of unbranched alkanes of at least 4 members (excludes halogenated alkanes) is 12. The van der Waals surface area contributed by atoms with E-state index in [1.165, 1.54) is 82.8 Å². The third-order valence-corrected chi connectivity index (χ3v) is 10.2. The molecule has 0 aromatic heterocycles. The van der Waals surface area contributed by atoms with Gasteiger partial charge in [-0.2, -0.15) is 5.26 Å². The van der Waals surface area contributed by atoms with Gasteiger partial charge in [0.25, 0.3) is 0 Å². The topological polar surface area (TPSA) is 65.7 Å². The van der Waals surface area contributed by atoms with Crippen LogP contribution in [0.2, 0.25) is 0 Å². The van der Waals surface area contributed by atoms with E-state index in [4.69, 9.17) is 9.47 Å². The van der Waals surface area contributed by atoms with Crippen LogP contribution < -0.4 is 9.47 Å². The number of methoxy groups -OCH3 is 2. The second-order valence-electron chi connectivity index (χ2n) is 13.5. The van der Waals surface area contributed by atoms with Gasteiger partial charge in [-0.05, 0) is 93.0 Å². The Labute approximate surface area is 279 Å². The van der Waals surface area contributed by atoms with Gasteiger partial charge in [0.05, 0.1) is 31.8 Å². The molecular weight excluding hydrogens is 575 g/mol. The maximum atomic E-state index is 13.3. The Hall–Kier alpha value is -2.62. The SMILES string of the molecule is CCCCCCCCCCCCCCC(C#N)(CCCCN1CCC(C(O)c2ccc(F)cc2)CC1)c1ccc(OC)c(OC)c1. The van der Waals surface area contributed by atoms with Crippen molar-refractivity contribution in [2.45, 2.75) is 134 Å². The molecule has 46 heavy (non-hydrogen) atoms. The molecule has 1 aliphatic rings. The second kappa shape index (κ2) is 21.3. The van der Waals surface area contributed by atoms with Gasteiger partial charge in [-0.25, -0.2) is 4.39 Å². The fourth-order valence-electron chi connectivity index (χ4n) is 7.18. The van der Waals surface area contributed by atoms with Gasteiger partial charge in [0.2, 0.25) is 0 Å². The zero-order valence-corrected chi connectivity index (χ0v) is 29.1. The molecule has 1 fully saturated rings. The van der Waals surface area contributed by atoms with Gasteiger partial charge in [0, 0.05) is 0 Å². The van der Waals surface area contributed by atoms with Crippen LogP contribution in [0.25, 0.3) is 0 Å². The van der Waals surface area contributed by atoms with Crippen molar-refractivity contribution in [1.82, 2.24) is 4.90 Å². The molecule has 2 aromatic carbocycles. The van der Waals surface area contributed by atoms with Gasteiger partial charge >= 0.3 is 0 Å². The number of halogens is 1. The van der Waals surface area contributed by atoms with E-state index in [1.54, 1.807) is 26.4 Å². The largest absolute Gasteiger partial charge is 0.493 e. The minimum Gasteiger partial charge on any atom is -0.493 e. The lowest BCUT2D eigenvalue weighted by molar-refractivity contribution is 0.0583. The summed E-state index contributed by atoms with van der Waals surface area (Å²) in [6, 6.07) is 15.0. The fourth-order valence-corrected chi connectivity index (χ4v) is 7.18. The summed E-state index contributed by atoms with van der Waals surface area (Å²) in [5.74, 6) is 1.30. The highest BCUT2D eigenvalue weighted by Crippen LogP contribution is 2.40. The van der Waals surface area contributed by atoms with Crippen molar-refractivity contribution in [1.29, 1.82) is 5.26 Å². The first-order valence-electron chi connectivity index (χ1n) is 18.3. The van der Waals surface area contributed by atoms with Gasteiger partial charge in [0.15, 0.2) is 11.5 Å². The lowest BCUT2D eigenvalue weighted by Crippen LogP contribution is -2.36. The van der Waals surface area contributed by atoms with E-state index in [0.717, 1.165) is 75.7 Å². The lowest BCUT2D eigenvalue weighted by atomic mass is 9.73. The summed E-state index contributed by atoms with van der Waals surface area (Å²) in [5, 5.41) is 21.5. The molecule has 1 saturated heterocycles. The van der Waals surface area contributed by atoms with Gasteiger partial charge in [-0.15, -0.1) is 0 Å². The minimum absolute atomic E-state index is 0.202. The number of hydrogen-bond acceptors (Lipinski definition) is 5. The minimum atomic E-state index is -0.541. The normalized spacial score (nSPS) is 16.1. The Morgan fingerprint density at radius 2 is 1.35 bits per heavy atom. The Kier molecular flexibility index (Phi) is 17.5. The zero-order chi connectivity index (χ0) is 33.0. The average Bonchev–Trinajstić information content (AvgIpc) is 3.09. The van der Waals surface area contributed by atoms with Gasteiger partial charge in [-0.1, -0.05) is 109 Å². The van der Waals surface area contributed by atoms with E-state index in [-0.39, 0.29) is 11.7 Å². The summed E-state index contributed by atoms with van der Waals surface area (Å²) in [4.78, 5) is 2.49. The molecule has 0 saturated carbocycles. The molecule has 0 radical (unpaired) electrons. The molecule has 256 valence electrons. The van der Waals surface area contributed by atoms with Crippen molar-refractivity contribution < 1.29 is 19.0 Å². The predicted molar refractivity (Wildman–Crippen MR) is 187 cm³/mol. The average molecular weight is 637 g/mol. The van der Waals surface area contributed by atoms with Crippen LogP contribution in [0.4, 0.5) is 4.39 Å². The van der Waals surface area contributed by atoms with Crippen molar-refractivity contribution >= 4 is 0 Å². The number of benzene rings is 2. The quantitative estimate of drug-likeness (QED) is 0.123. The second-order valence-corrected chi connectivity index (χ2v) is 13.5. The molecule has 1 N–H and O–H groups in total. The molecule has 1 heterocycles. The van der Waals surface area contributed by atoms with Crippen molar-refractivity contribution in [2.24, 2.45) is 5.92 Å². The zero-order valence-electron chi connectivity index (χ0n) is 29.1. The first kappa shape index (κ1) is 37.8. The van der Waals surface area contributed by atoms with E-state index < -0.39 is 11.5 Å². The van der Waals surface area contributed by atoms with Crippen molar-refractivity contribution in [3.8, 4) is 17.6 Å². The van der Waals surface area contributed by atoms with Crippen molar-refractivity contribution in [3.05, 3.63) is 59.4 Å². The summed E-state index contributed by atoms with van der Waals surface area (Å²) in [7, 11) is 3.30. The molecule has 0 spiro atoms. The first-order chi connectivity index (χ1) is 22.5. The van der Waals surface area contributed by atoms with Gasteiger partial charge in [-0.3, -0.25) is 0 Å². The molecule has 5 nitrogen and oxygen atoms in total. The van der Waals surface area contributed by atoms with Crippen LogP contribution in [0.3, 0.4) is 0 Å². The highest BCUT2D eigenvalue weighted by molar-refractivity contribution is 5.47. The number of likely N-dealkylation sites (tertiary alicyclic amines) is 1. The van der Waals surface area contributed by atoms with Crippen molar-refractivity contribution in [2.75, 3.05) is 33.9 Å². The number of ether oxygens (including phenoxy) is 2. The highest BCUT2D eigenvalue weighted by Gasteiger charge is 2.33. The maximum Gasteiger partial charge on any atom is 0.161 e. The van der Waals surface area contributed by atoms with E-state index >= 15 is 0 Å². The van der Waals surface area contributed by atoms with E-state index in [0.29, 0.717) is 11.5 Å². The summed E-state index contributed by atoms with van der Waals surface area (Å²) in [6.45, 7) is 5.20. The van der Waals surface area contributed by atoms with Gasteiger partial charge < -0.3 is 19.5 Å². The summed E-state index contributed by atoms with van der Waals surface area (Å²) in [5.41, 5.74) is 1.30. The number of piperidine rings is 1. The smallest absolute Gasteiger partial charge is 0.161 e. The molecule has 3 rings (SSSR count). The van der Waals surface area contributed by atoms with Crippen LogP contribution in [0, 0.1) is 23.1 Å². The maximum absolute atomic E-state index is 13.3. The van der Waals surface area contributed by atoms with Crippen LogP contribution in [0.1, 0.15) is 140 Å². The summed E-state index contributed by atoms with van der Waals surface area (Å²) < 4.78 is 24.4. The molecule has 0 bridgehead atoms. The van der Waals surface area contributed by atoms with E-state index in [2.05, 4.69) is 24.0 Å². The molecule has 0 aliphatic carbocycles. The van der Waals surface area contributed by atoms with E-state index in [9.17, 15) is 14.8 Å². The number of rotatable bonds is 23. The molecule has 6 heteroatoms. The first-order valence-corrected chi connectivity index (χ1v) is 18.3. The van der Waals surface area contributed by atoms with Crippen LogP contribution in [-0.4, -0.2) is 43.9 Å². The molecule has 1 aliphatic heterocycles. The number of hydrogen-bond donors (Lipinski definition) is 1. The Bertz CT molecular complexity index is 1140. The van der Waals surface area contributed by atoms with Crippen LogP contribution in [0.5, 0.6) is 11.5 Å². The van der Waals surface area contributed by atoms with Crippen LogP contribution in [-0.2, 0) is 5.41 Å². The number of nitrogens with zero attached hydrogens (tertiary/aromatic N) is 2. The van der Waals surface area contributed by atoms with Crippen LogP contribution >= 0.6 is 0 Å². The summed E-state index contributed by atoms with van der Waals surface area (Å²) in [6.07, 6.45) is 20.7. The van der Waals surface area contributed by atoms with Crippen molar-refractivity contribution in [3.63, 3.8) is 0 Å². The Morgan fingerprint density at radius 3 is 1.89 bits per heavy atom. The lowest BCUT2D eigenvalue weighted by Gasteiger charge is -2.34. The number of aliphatic hydroxyl groups is 1. The molecule has 2 unspecified atom stereocenters. The Morgan fingerprint density at radius 1 is 0.804 bits per heavy atom. The molecule has 0 amide bonds. The predicted octanol–water partition coefficient (Wildman–Crippen LogP) is 10.3. The third kappa shape index (κ3) is 12.2. The summed E-state index contributed by atoms with van der Waals surface area (Å²) >= 11 is 0. The fraction of sp³-hybridized carbons (Fsp3) is 0.675. The Balaban J connectivity index is 1.46. The number of aliphatic hydroxyl groups excluding tert-OH is 1. The molecule has 2 atom stereocenters.